The van der Waals surface area contributed by atoms with Gasteiger partial charge in [0.15, 0.2) is 4.47 Å². The van der Waals surface area contributed by atoms with Gasteiger partial charge in [0.25, 0.3) is 0 Å². The van der Waals surface area contributed by atoms with Crippen LogP contribution in [-0.4, -0.2) is 11.6 Å². The fourth-order valence-corrected chi connectivity index (χ4v) is 3.53. The lowest BCUT2D eigenvalue weighted by Crippen LogP contribution is -1.95. The average Bonchev–Trinajstić information content (AvgIpc) is 2.72. The Kier molecular flexibility index (Phi) is 5.30. The summed E-state index contributed by atoms with van der Waals surface area (Å²) >= 11 is 13.7. The van der Waals surface area contributed by atoms with Crippen molar-refractivity contribution in [2.75, 3.05) is 6.61 Å². The van der Waals surface area contributed by atoms with E-state index in [1.54, 1.807) is 11.3 Å². The maximum Gasteiger partial charge on any atom is 0.184 e. The van der Waals surface area contributed by atoms with Gasteiger partial charge in [-0.05, 0) is 31.4 Å². The van der Waals surface area contributed by atoms with Crippen molar-refractivity contribution >= 4 is 34.5 Å². The molecule has 1 aromatic heterocycles. The molecule has 0 spiro atoms. The minimum absolute atomic E-state index is 0.559. The summed E-state index contributed by atoms with van der Waals surface area (Å²) in [6.07, 6.45) is 0.965. The lowest BCUT2D eigenvalue weighted by molar-refractivity contribution is 0.340. The number of hydrogen-bond donors (Lipinski definition) is 0. The van der Waals surface area contributed by atoms with Gasteiger partial charge in [-0.1, -0.05) is 43.1 Å². The van der Waals surface area contributed by atoms with Crippen LogP contribution in [0, 0.1) is 5.92 Å². The zero-order valence-corrected chi connectivity index (χ0v) is 14.1. The van der Waals surface area contributed by atoms with Gasteiger partial charge < -0.3 is 4.74 Å². The zero-order chi connectivity index (χ0) is 14.7. The molecule has 0 radical (unpaired) electrons. The zero-order valence-electron chi connectivity index (χ0n) is 11.7. The van der Waals surface area contributed by atoms with E-state index in [1.165, 1.54) is 4.88 Å². The lowest BCUT2D eigenvalue weighted by atomic mass is 10.0. The van der Waals surface area contributed by atoms with Crippen molar-refractivity contribution < 1.29 is 4.74 Å². The number of thiazole rings is 1. The number of aromatic nitrogens is 1. The summed E-state index contributed by atoms with van der Waals surface area (Å²) in [7, 11) is 0. The Hall–Kier alpha value is -0.770. The monoisotopic (exact) mass is 329 g/mol. The summed E-state index contributed by atoms with van der Waals surface area (Å²) < 4.78 is 6.11. The molecule has 0 atom stereocenters. The SMILES string of the molecule is CCOc1cc(-c2nc(Cl)sc2CC(C)C)ccc1Cl. The molecule has 108 valence electrons. The highest BCUT2D eigenvalue weighted by molar-refractivity contribution is 7.16. The molecule has 0 fully saturated rings. The molecule has 0 N–H and O–H groups in total. The molecule has 0 aliphatic heterocycles. The first-order valence-corrected chi connectivity index (χ1v) is 8.16. The average molecular weight is 330 g/mol. The van der Waals surface area contributed by atoms with Crippen LogP contribution < -0.4 is 4.74 Å². The van der Waals surface area contributed by atoms with Crippen LogP contribution >= 0.6 is 34.5 Å². The maximum absolute atomic E-state index is 6.12. The second-order valence-electron chi connectivity index (χ2n) is 4.91. The van der Waals surface area contributed by atoms with Crippen LogP contribution in [-0.2, 0) is 6.42 Å². The molecular weight excluding hydrogens is 313 g/mol. The smallest absolute Gasteiger partial charge is 0.184 e. The van der Waals surface area contributed by atoms with Crippen LogP contribution in [0.15, 0.2) is 18.2 Å². The predicted octanol–water partition coefficient (Wildman–Crippen LogP) is 5.71. The molecule has 0 aliphatic rings. The van der Waals surface area contributed by atoms with E-state index in [9.17, 15) is 0 Å². The second-order valence-corrected chi connectivity index (χ2v) is 6.99. The lowest BCUT2D eigenvalue weighted by Gasteiger charge is -2.09. The summed E-state index contributed by atoms with van der Waals surface area (Å²) in [6.45, 7) is 6.89. The van der Waals surface area contributed by atoms with Gasteiger partial charge in [-0.3, -0.25) is 0 Å². The van der Waals surface area contributed by atoms with Crippen LogP contribution in [0.3, 0.4) is 0 Å². The molecule has 0 unspecified atom stereocenters. The molecule has 2 rings (SSSR count). The number of rotatable bonds is 5. The van der Waals surface area contributed by atoms with Crippen LogP contribution in [0.1, 0.15) is 25.6 Å². The molecule has 1 heterocycles. The molecule has 0 saturated heterocycles. The predicted molar refractivity (Wildman–Crippen MR) is 87.3 cm³/mol. The third-order valence-corrected chi connectivity index (χ3v) is 4.26. The minimum Gasteiger partial charge on any atom is -0.492 e. The van der Waals surface area contributed by atoms with Crippen LogP contribution in [0.2, 0.25) is 9.49 Å². The first-order valence-electron chi connectivity index (χ1n) is 6.59. The van der Waals surface area contributed by atoms with Crippen molar-refractivity contribution in [3.63, 3.8) is 0 Å². The number of hydrogen-bond acceptors (Lipinski definition) is 3. The van der Waals surface area contributed by atoms with E-state index in [0.717, 1.165) is 17.7 Å². The molecule has 0 saturated carbocycles. The Morgan fingerprint density at radius 1 is 1.30 bits per heavy atom. The maximum atomic E-state index is 6.12. The molecule has 20 heavy (non-hydrogen) atoms. The van der Waals surface area contributed by atoms with Crippen molar-refractivity contribution in [2.24, 2.45) is 5.92 Å². The van der Waals surface area contributed by atoms with E-state index >= 15 is 0 Å². The van der Waals surface area contributed by atoms with Crippen molar-refractivity contribution in [3.05, 3.63) is 32.6 Å². The molecule has 1 aromatic carbocycles. The summed E-state index contributed by atoms with van der Waals surface area (Å²) in [6, 6.07) is 5.73. The summed E-state index contributed by atoms with van der Waals surface area (Å²) in [5.74, 6) is 1.25. The number of nitrogens with zero attached hydrogens (tertiary/aromatic N) is 1. The quantitative estimate of drug-likeness (QED) is 0.700. The number of benzene rings is 1. The third kappa shape index (κ3) is 3.66. The number of halogens is 2. The molecule has 5 heteroatoms. The van der Waals surface area contributed by atoms with Crippen LogP contribution in [0.25, 0.3) is 11.3 Å². The fraction of sp³-hybridized carbons (Fsp3) is 0.400. The van der Waals surface area contributed by atoms with Crippen LogP contribution in [0.5, 0.6) is 5.75 Å². The van der Waals surface area contributed by atoms with Gasteiger partial charge >= 0.3 is 0 Å². The summed E-state index contributed by atoms with van der Waals surface area (Å²) in [4.78, 5) is 5.65. The van der Waals surface area contributed by atoms with E-state index < -0.39 is 0 Å². The normalized spacial score (nSPS) is 11.1. The Labute approximate surface area is 133 Å². The van der Waals surface area contributed by atoms with Crippen molar-refractivity contribution in [1.82, 2.24) is 4.98 Å². The van der Waals surface area contributed by atoms with Crippen molar-refractivity contribution in [1.29, 1.82) is 0 Å². The van der Waals surface area contributed by atoms with Gasteiger partial charge in [-0.25, -0.2) is 4.98 Å². The van der Waals surface area contributed by atoms with Gasteiger partial charge in [0.1, 0.15) is 5.75 Å². The Balaban J connectivity index is 2.43. The third-order valence-electron chi connectivity index (χ3n) is 2.77. The number of ether oxygens (including phenoxy) is 1. The van der Waals surface area contributed by atoms with Crippen LogP contribution in [0.4, 0.5) is 0 Å². The van der Waals surface area contributed by atoms with Gasteiger partial charge in [0.2, 0.25) is 0 Å². The highest BCUT2D eigenvalue weighted by Gasteiger charge is 2.15. The first-order chi connectivity index (χ1) is 9.51. The molecule has 0 amide bonds. The van der Waals surface area contributed by atoms with E-state index in [-0.39, 0.29) is 0 Å². The molecule has 0 aliphatic carbocycles. The minimum atomic E-state index is 0.559. The Morgan fingerprint density at radius 3 is 2.70 bits per heavy atom. The van der Waals surface area contributed by atoms with Gasteiger partial charge in [0, 0.05) is 10.4 Å². The molecule has 0 bridgehead atoms. The summed E-state index contributed by atoms with van der Waals surface area (Å²) in [5, 5.41) is 0.613. The summed E-state index contributed by atoms with van der Waals surface area (Å²) in [5.41, 5.74) is 1.93. The van der Waals surface area contributed by atoms with E-state index in [2.05, 4.69) is 18.8 Å². The van der Waals surface area contributed by atoms with E-state index in [4.69, 9.17) is 27.9 Å². The van der Waals surface area contributed by atoms with Crippen molar-refractivity contribution in [2.45, 2.75) is 27.2 Å². The fourth-order valence-electron chi connectivity index (χ4n) is 1.97. The largest absolute Gasteiger partial charge is 0.492 e. The highest BCUT2D eigenvalue weighted by Crippen LogP contribution is 2.36. The standard InChI is InChI=1S/C15H17Cl2NOS/c1-4-19-12-8-10(5-6-11(12)16)14-13(7-9(2)3)20-15(17)18-14/h5-6,8-9H,4,7H2,1-3H3. The van der Waals surface area contributed by atoms with E-state index in [0.29, 0.717) is 27.8 Å². The van der Waals surface area contributed by atoms with Gasteiger partial charge in [0.05, 0.1) is 17.3 Å². The second kappa shape index (κ2) is 6.79. The first kappa shape index (κ1) is 15.6. The topological polar surface area (TPSA) is 22.1 Å². The highest BCUT2D eigenvalue weighted by atomic mass is 35.5. The Morgan fingerprint density at radius 2 is 2.05 bits per heavy atom. The van der Waals surface area contributed by atoms with E-state index in [1.807, 2.05) is 25.1 Å². The molecular formula is C15H17Cl2NOS. The Bertz CT molecular complexity index is 596. The van der Waals surface area contributed by atoms with Gasteiger partial charge in [-0.15, -0.1) is 11.3 Å². The molecule has 2 nitrogen and oxygen atoms in total. The molecule has 2 aromatic rings. The van der Waals surface area contributed by atoms with Gasteiger partial charge in [-0.2, -0.15) is 0 Å². The van der Waals surface area contributed by atoms with Crippen molar-refractivity contribution in [3.8, 4) is 17.0 Å².